The Morgan fingerprint density at radius 3 is 2.41 bits per heavy atom. The van der Waals surface area contributed by atoms with E-state index >= 15 is 0 Å². The Hall–Kier alpha value is -5.07. The number of nitrogens with zero attached hydrogens (tertiary/aromatic N) is 3. The van der Waals surface area contributed by atoms with Crippen molar-refractivity contribution >= 4 is 33.2 Å². The van der Waals surface area contributed by atoms with Gasteiger partial charge in [-0.3, -0.25) is 14.3 Å². The topological polar surface area (TPSA) is 118 Å². The van der Waals surface area contributed by atoms with Crippen LogP contribution in [0.3, 0.4) is 0 Å². The first-order valence-corrected chi connectivity index (χ1v) is 17.6. The highest BCUT2D eigenvalue weighted by Gasteiger charge is 2.31. The fourth-order valence-electron chi connectivity index (χ4n) is 6.11. The van der Waals surface area contributed by atoms with Crippen LogP contribution in [-0.2, 0) is 14.8 Å². The van der Waals surface area contributed by atoms with Gasteiger partial charge in [0.25, 0.3) is 21.8 Å². The Labute approximate surface area is 287 Å². The van der Waals surface area contributed by atoms with Crippen LogP contribution in [0.25, 0.3) is 11.1 Å². The molecule has 4 aromatic carbocycles. The molecule has 2 aliphatic heterocycles. The molecule has 49 heavy (non-hydrogen) atoms. The van der Waals surface area contributed by atoms with E-state index in [2.05, 4.69) is 9.62 Å². The van der Waals surface area contributed by atoms with Crippen molar-refractivity contribution in [1.29, 1.82) is 0 Å². The number of methoxy groups -OCH3 is 1. The van der Waals surface area contributed by atoms with Crippen LogP contribution in [0.5, 0.6) is 11.5 Å². The van der Waals surface area contributed by atoms with E-state index < -0.39 is 10.0 Å². The monoisotopic (exact) mass is 684 g/mol. The lowest BCUT2D eigenvalue weighted by atomic mass is 10.0. The second-order valence-corrected chi connectivity index (χ2v) is 13.8. The summed E-state index contributed by atoms with van der Waals surface area (Å²) >= 11 is 0. The lowest BCUT2D eigenvalue weighted by molar-refractivity contribution is 0.0771. The highest BCUT2D eigenvalue weighted by molar-refractivity contribution is 7.92. The third-order valence-corrected chi connectivity index (χ3v) is 10.0. The van der Waals surface area contributed by atoms with Crippen molar-refractivity contribution in [3.05, 3.63) is 102 Å². The van der Waals surface area contributed by atoms with Crippen molar-refractivity contribution in [1.82, 2.24) is 9.80 Å². The molecule has 6 rings (SSSR count). The number of nitrogens with one attached hydrogen (secondary N) is 1. The van der Waals surface area contributed by atoms with Gasteiger partial charge in [0, 0.05) is 57.5 Å². The van der Waals surface area contributed by atoms with Crippen LogP contribution in [0.2, 0.25) is 0 Å². The zero-order valence-corrected chi connectivity index (χ0v) is 28.6. The molecule has 0 unspecified atom stereocenters. The van der Waals surface area contributed by atoms with Gasteiger partial charge in [0.15, 0.2) is 0 Å². The molecule has 0 aliphatic carbocycles. The SMILES string of the molecule is COc1ccc(-c2cccc(C(=O)N(C)C)c2)cc1S(=O)(=O)Nc1cccc(O[C@H]2CCN(C(=O)c3ccccc3N3CCOCC3)C2)c1. The fourth-order valence-corrected chi connectivity index (χ4v) is 7.35. The summed E-state index contributed by atoms with van der Waals surface area (Å²) in [5.74, 6) is 0.464. The van der Waals surface area contributed by atoms with E-state index in [0.717, 1.165) is 18.8 Å². The van der Waals surface area contributed by atoms with E-state index in [4.69, 9.17) is 14.2 Å². The van der Waals surface area contributed by atoms with Gasteiger partial charge in [-0.15, -0.1) is 0 Å². The summed E-state index contributed by atoms with van der Waals surface area (Å²) in [6, 6.07) is 26.3. The Morgan fingerprint density at radius 2 is 1.63 bits per heavy atom. The summed E-state index contributed by atoms with van der Waals surface area (Å²) in [6.45, 7) is 3.70. The molecule has 0 aromatic heterocycles. The minimum absolute atomic E-state index is 0.0399. The van der Waals surface area contributed by atoms with Gasteiger partial charge in [-0.1, -0.05) is 36.4 Å². The number of benzene rings is 4. The molecule has 0 spiro atoms. The number of ether oxygens (including phenoxy) is 3. The number of sulfonamides is 1. The number of morpholine rings is 1. The second-order valence-electron chi connectivity index (χ2n) is 12.2. The van der Waals surface area contributed by atoms with Crippen LogP contribution in [0.4, 0.5) is 11.4 Å². The molecule has 0 radical (unpaired) electrons. The Morgan fingerprint density at radius 1 is 0.878 bits per heavy atom. The second kappa shape index (κ2) is 14.6. The molecule has 256 valence electrons. The third kappa shape index (κ3) is 7.65. The molecule has 4 aromatic rings. The number of rotatable bonds is 10. The van der Waals surface area contributed by atoms with Gasteiger partial charge in [-0.25, -0.2) is 8.42 Å². The van der Waals surface area contributed by atoms with E-state index in [9.17, 15) is 18.0 Å². The predicted octanol–water partition coefficient (Wildman–Crippen LogP) is 4.99. The van der Waals surface area contributed by atoms with Crippen molar-refractivity contribution in [3.8, 4) is 22.6 Å². The molecule has 2 saturated heterocycles. The molecule has 0 bridgehead atoms. The maximum absolute atomic E-state index is 13.7. The first kappa shape index (κ1) is 33.8. The molecule has 2 aliphatic rings. The summed E-state index contributed by atoms with van der Waals surface area (Å²) in [5, 5.41) is 0. The van der Waals surface area contributed by atoms with E-state index in [-0.39, 0.29) is 28.6 Å². The Bertz CT molecular complexity index is 1940. The number of para-hydroxylation sites is 1. The van der Waals surface area contributed by atoms with Gasteiger partial charge >= 0.3 is 0 Å². The number of carbonyl (C=O) groups is 2. The van der Waals surface area contributed by atoms with E-state index in [1.165, 1.54) is 18.1 Å². The molecule has 1 atom stereocenters. The lowest BCUT2D eigenvalue weighted by Crippen LogP contribution is -2.38. The zero-order chi connectivity index (χ0) is 34.5. The number of anilines is 2. The maximum atomic E-state index is 13.7. The van der Waals surface area contributed by atoms with Gasteiger partial charge in [0.05, 0.1) is 38.1 Å². The highest BCUT2D eigenvalue weighted by Crippen LogP contribution is 2.33. The number of carbonyl (C=O) groups excluding carboxylic acids is 2. The van der Waals surface area contributed by atoms with Crippen LogP contribution in [0.15, 0.2) is 95.9 Å². The maximum Gasteiger partial charge on any atom is 0.265 e. The van der Waals surface area contributed by atoms with Crippen LogP contribution in [0, 0.1) is 0 Å². The lowest BCUT2D eigenvalue weighted by Gasteiger charge is -2.31. The highest BCUT2D eigenvalue weighted by atomic mass is 32.2. The molecule has 12 heteroatoms. The van der Waals surface area contributed by atoms with Crippen molar-refractivity contribution in [2.24, 2.45) is 0 Å². The molecule has 11 nitrogen and oxygen atoms in total. The van der Waals surface area contributed by atoms with E-state index in [0.29, 0.717) is 66.4 Å². The summed E-state index contributed by atoms with van der Waals surface area (Å²) in [7, 11) is 0.661. The molecule has 2 heterocycles. The minimum Gasteiger partial charge on any atom is -0.495 e. The van der Waals surface area contributed by atoms with Crippen molar-refractivity contribution in [3.63, 3.8) is 0 Å². The Balaban J connectivity index is 1.15. The number of hydrogen-bond acceptors (Lipinski definition) is 8. The third-order valence-electron chi connectivity index (χ3n) is 8.61. The summed E-state index contributed by atoms with van der Waals surface area (Å²) in [5.41, 5.74) is 3.68. The normalized spacial score (nSPS) is 16.3. The van der Waals surface area contributed by atoms with Gasteiger partial charge < -0.3 is 28.9 Å². The van der Waals surface area contributed by atoms with Crippen LogP contribution in [-0.4, -0.2) is 96.7 Å². The average Bonchev–Trinajstić information content (AvgIpc) is 3.59. The molecule has 2 fully saturated rings. The van der Waals surface area contributed by atoms with Gasteiger partial charge in [-0.2, -0.15) is 0 Å². The number of hydrogen-bond donors (Lipinski definition) is 1. The number of likely N-dealkylation sites (tertiary alicyclic amines) is 1. The number of amides is 2. The van der Waals surface area contributed by atoms with Gasteiger partial charge in [0.2, 0.25) is 0 Å². The summed E-state index contributed by atoms with van der Waals surface area (Å²) in [4.78, 5) is 31.6. The molecular formula is C37H40N4O7S. The first-order chi connectivity index (χ1) is 23.6. The summed E-state index contributed by atoms with van der Waals surface area (Å²) < 4.78 is 47.3. The smallest absolute Gasteiger partial charge is 0.265 e. The molecule has 1 N–H and O–H groups in total. The van der Waals surface area contributed by atoms with Crippen LogP contribution < -0.4 is 19.1 Å². The fraction of sp³-hybridized carbons (Fsp3) is 0.297. The average molecular weight is 685 g/mol. The standard InChI is InChI=1S/C37H40N4O7S/c1-39(2)36(42)28-9-6-8-26(22-28)27-14-15-34(46-3)35(23-27)49(44,45)38-29-10-7-11-30(24-29)48-31-16-17-41(25-31)37(43)32-12-4-5-13-33(32)40-18-20-47-21-19-40/h4-15,22-24,31,38H,16-21,25H2,1-3H3/t31-/m0/s1. The molecular weight excluding hydrogens is 644 g/mol. The van der Waals surface area contributed by atoms with Crippen molar-refractivity contribution < 1.29 is 32.2 Å². The first-order valence-electron chi connectivity index (χ1n) is 16.1. The van der Waals surface area contributed by atoms with Gasteiger partial charge in [0.1, 0.15) is 22.5 Å². The van der Waals surface area contributed by atoms with Crippen molar-refractivity contribution in [2.75, 3.05) is 70.2 Å². The van der Waals surface area contributed by atoms with Gasteiger partial charge in [-0.05, 0) is 59.7 Å². The van der Waals surface area contributed by atoms with Crippen molar-refractivity contribution in [2.45, 2.75) is 17.4 Å². The Kier molecular flexibility index (Phi) is 10.1. The molecule has 2 amide bonds. The minimum atomic E-state index is -4.11. The van der Waals surface area contributed by atoms with E-state index in [1.807, 2.05) is 35.2 Å². The molecule has 0 saturated carbocycles. The predicted molar refractivity (Wildman–Crippen MR) is 188 cm³/mol. The van der Waals surface area contributed by atoms with Crippen LogP contribution in [0.1, 0.15) is 27.1 Å². The summed E-state index contributed by atoms with van der Waals surface area (Å²) in [6.07, 6.45) is 0.394. The van der Waals surface area contributed by atoms with E-state index in [1.54, 1.807) is 68.7 Å². The quantitative estimate of drug-likeness (QED) is 0.248. The largest absolute Gasteiger partial charge is 0.495 e. The van der Waals surface area contributed by atoms with Crippen LogP contribution >= 0.6 is 0 Å². The zero-order valence-electron chi connectivity index (χ0n) is 27.8.